The second kappa shape index (κ2) is 12.8. The molecule has 0 aliphatic heterocycles. The van der Waals surface area contributed by atoms with Crippen molar-refractivity contribution in [3.05, 3.63) is 60.1 Å². The summed E-state index contributed by atoms with van der Waals surface area (Å²) in [6.45, 7) is 7.73. The molecule has 0 aliphatic rings. The number of nitrogens with one attached hydrogen (secondary N) is 2. The number of halogens is 1. The highest BCUT2D eigenvalue weighted by Crippen LogP contribution is 2.03. The summed E-state index contributed by atoms with van der Waals surface area (Å²) in [5, 5.41) is 6.59. The molecule has 5 nitrogen and oxygen atoms in total. The summed E-state index contributed by atoms with van der Waals surface area (Å²) < 4.78 is 11.1. The molecule has 1 heterocycles. The van der Waals surface area contributed by atoms with Crippen molar-refractivity contribution in [1.82, 2.24) is 10.6 Å². The Bertz CT molecular complexity index is 588. The Hall–Kier alpha value is -1.54. The maximum atomic E-state index is 5.78. The van der Waals surface area contributed by atoms with Crippen LogP contribution in [0.5, 0.6) is 0 Å². The largest absolute Gasteiger partial charge is 0.467 e. The van der Waals surface area contributed by atoms with Gasteiger partial charge in [-0.15, -0.1) is 24.0 Å². The van der Waals surface area contributed by atoms with Crippen LogP contribution in [0.25, 0.3) is 0 Å². The van der Waals surface area contributed by atoms with Crippen LogP contribution >= 0.6 is 24.0 Å². The van der Waals surface area contributed by atoms with E-state index in [0.717, 1.165) is 24.8 Å². The molecule has 2 N–H and O–H groups in total. The van der Waals surface area contributed by atoms with Crippen LogP contribution in [0.4, 0.5) is 0 Å². The molecular formula is C19H28IN3O2. The third-order valence-electron chi connectivity index (χ3n) is 3.45. The highest BCUT2D eigenvalue weighted by atomic mass is 127. The molecule has 1 aromatic heterocycles. The number of rotatable bonds is 9. The van der Waals surface area contributed by atoms with Crippen molar-refractivity contribution in [2.24, 2.45) is 10.9 Å². The van der Waals surface area contributed by atoms with Crippen LogP contribution in [0.15, 0.2) is 58.1 Å². The Morgan fingerprint density at radius 2 is 1.96 bits per heavy atom. The number of guanidine groups is 1. The fourth-order valence-corrected chi connectivity index (χ4v) is 2.18. The zero-order valence-electron chi connectivity index (χ0n) is 14.9. The van der Waals surface area contributed by atoms with Gasteiger partial charge in [0.15, 0.2) is 5.96 Å². The topological polar surface area (TPSA) is 58.8 Å². The summed E-state index contributed by atoms with van der Waals surface area (Å²) in [5.74, 6) is 2.04. The van der Waals surface area contributed by atoms with E-state index in [0.29, 0.717) is 25.7 Å². The number of hydrogen-bond donors (Lipinski definition) is 2. The predicted octanol–water partition coefficient (Wildman–Crippen LogP) is 3.81. The standard InChI is InChI=1S/C19H27N3O2.HI/c1-3-20-19(22-13-18-10-7-11-24-18)21-12-16(2)14-23-15-17-8-5-4-6-9-17;/h4-11,16H,3,12-15H2,1-2H3,(H2,20,21,22);1H. The minimum Gasteiger partial charge on any atom is -0.467 e. The number of furan rings is 1. The summed E-state index contributed by atoms with van der Waals surface area (Å²) in [6, 6.07) is 14.0. The zero-order chi connectivity index (χ0) is 17.0. The smallest absolute Gasteiger partial charge is 0.191 e. The first kappa shape index (κ1) is 21.5. The van der Waals surface area contributed by atoms with E-state index in [1.54, 1.807) is 6.26 Å². The zero-order valence-corrected chi connectivity index (χ0v) is 17.2. The molecule has 1 aromatic carbocycles. The molecule has 25 heavy (non-hydrogen) atoms. The molecule has 2 rings (SSSR count). The van der Waals surface area contributed by atoms with Crippen LogP contribution in [0.1, 0.15) is 25.2 Å². The molecular weight excluding hydrogens is 429 g/mol. The molecule has 0 aliphatic carbocycles. The van der Waals surface area contributed by atoms with Crippen LogP contribution in [-0.2, 0) is 17.9 Å². The molecule has 0 saturated heterocycles. The van der Waals surface area contributed by atoms with Crippen LogP contribution < -0.4 is 10.6 Å². The SMILES string of the molecule is CCNC(=NCc1ccco1)NCC(C)COCc1ccccc1.I. The minimum absolute atomic E-state index is 0. The van der Waals surface area contributed by atoms with Gasteiger partial charge in [-0.25, -0.2) is 4.99 Å². The first-order chi connectivity index (χ1) is 11.8. The second-order valence-electron chi connectivity index (χ2n) is 5.76. The van der Waals surface area contributed by atoms with Gasteiger partial charge in [0.2, 0.25) is 0 Å². The highest BCUT2D eigenvalue weighted by Gasteiger charge is 2.05. The van der Waals surface area contributed by atoms with E-state index in [1.165, 1.54) is 5.56 Å². The van der Waals surface area contributed by atoms with Gasteiger partial charge >= 0.3 is 0 Å². The minimum atomic E-state index is 0. The molecule has 1 unspecified atom stereocenters. The van der Waals surface area contributed by atoms with Crippen LogP contribution in [0.3, 0.4) is 0 Å². The van der Waals surface area contributed by atoms with Gasteiger partial charge in [0.1, 0.15) is 12.3 Å². The van der Waals surface area contributed by atoms with E-state index in [9.17, 15) is 0 Å². The molecule has 0 radical (unpaired) electrons. The van der Waals surface area contributed by atoms with Crippen LogP contribution in [-0.4, -0.2) is 25.7 Å². The summed E-state index contributed by atoms with van der Waals surface area (Å²) >= 11 is 0. The lowest BCUT2D eigenvalue weighted by atomic mass is 10.2. The normalized spacial score (nSPS) is 12.3. The fraction of sp³-hybridized carbons (Fsp3) is 0.421. The monoisotopic (exact) mass is 457 g/mol. The van der Waals surface area contributed by atoms with Crippen molar-refractivity contribution in [3.8, 4) is 0 Å². The Kier molecular flexibility index (Phi) is 11.0. The molecule has 2 aromatic rings. The number of benzene rings is 1. The Morgan fingerprint density at radius 3 is 2.64 bits per heavy atom. The summed E-state index contributed by atoms with van der Waals surface area (Å²) in [4.78, 5) is 4.52. The lowest BCUT2D eigenvalue weighted by molar-refractivity contribution is 0.0931. The summed E-state index contributed by atoms with van der Waals surface area (Å²) in [7, 11) is 0. The van der Waals surface area contributed by atoms with E-state index in [1.807, 2.05) is 30.3 Å². The first-order valence-electron chi connectivity index (χ1n) is 8.44. The number of aliphatic imine (C=N–C) groups is 1. The maximum absolute atomic E-state index is 5.78. The highest BCUT2D eigenvalue weighted by molar-refractivity contribution is 14.0. The van der Waals surface area contributed by atoms with Crippen molar-refractivity contribution in [3.63, 3.8) is 0 Å². The number of nitrogens with zero attached hydrogens (tertiary/aromatic N) is 1. The van der Waals surface area contributed by atoms with Gasteiger partial charge in [-0.1, -0.05) is 37.3 Å². The average Bonchev–Trinajstić information content (AvgIpc) is 3.12. The van der Waals surface area contributed by atoms with Gasteiger partial charge in [-0.3, -0.25) is 0 Å². The summed E-state index contributed by atoms with van der Waals surface area (Å²) in [5.41, 5.74) is 1.20. The molecule has 6 heteroatoms. The lowest BCUT2D eigenvalue weighted by Crippen LogP contribution is -2.40. The quantitative estimate of drug-likeness (QED) is 0.342. The summed E-state index contributed by atoms with van der Waals surface area (Å²) in [6.07, 6.45) is 1.66. The third-order valence-corrected chi connectivity index (χ3v) is 3.45. The third kappa shape index (κ3) is 8.92. The van der Waals surface area contributed by atoms with Crippen molar-refractivity contribution in [1.29, 1.82) is 0 Å². The van der Waals surface area contributed by atoms with E-state index >= 15 is 0 Å². The number of hydrogen-bond acceptors (Lipinski definition) is 3. The van der Waals surface area contributed by atoms with Crippen LogP contribution in [0, 0.1) is 5.92 Å². The molecule has 0 fully saturated rings. The van der Waals surface area contributed by atoms with Crippen molar-refractivity contribution in [2.75, 3.05) is 19.7 Å². The Balaban J connectivity index is 0.00000312. The predicted molar refractivity (Wildman–Crippen MR) is 112 cm³/mol. The van der Waals surface area contributed by atoms with Crippen molar-refractivity contribution >= 4 is 29.9 Å². The molecule has 138 valence electrons. The molecule has 0 bridgehead atoms. The van der Waals surface area contributed by atoms with Gasteiger partial charge in [-0.05, 0) is 30.5 Å². The van der Waals surface area contributed by atoms with E-state index < -0.39 is 0 Å². The van der Waals surface area contributed by atoms with Crippen LogP contribution in [0.2, 0.25) is 0 Å². The van der Waals surface area contributed by atoms with Gasteiger partial charge in [0.05, 0.1) is 19.5 Å². The maximum Gasteiger partial charge on any atom is 0.191 e. The second-order valence-corrected chi connectivity index (χ2v) is 5.76. The van der Waals surface area contributed by atoms with Gasteiger partial charge in [0, 0.05) is 13.1 Å². The molecule has 0 amide bonds. The van der Waals surface area contributed by atoms with E-state index in [2.05, 4.69) is 41.6 Å². The lowest BCUT2D eigenvalue weighted by Gasteiger charge is -2.16. The van der Waals surface area contributed by atoms with E-state index in [-0.39, 0.29) is 24.0 Å². The molecule has 0 spiro atoms. The van der Waals surface area contributed by atoms with Gasteiger partial charge in [-0.2, -0.15) is 0 Å². The molecule has 1 atom stereocenters. The van der Waals surface area contributed by atoms with Crippen molar-refractivity contribution in [2.45, 2.75) is 27.0 Å². The van der Waals surface area contributed by atoms with Gasteiger partial charge in [0.25, 0.3) is 0 Å². The fourth-order valence-electron chi connectivity index (χ4n) is 2.18. The molecule has 0 saturated carbocycles. The first-order valence-corrected chi connectivity index (χ1v) is 8.44. The Morgan fingerprint density at radius 1 is 1.16 bits per heavy atom. The average molecular weight is 457 g/mol. The van der Waals surface area contributed by atoms with Crippen molar-refractivity contribution < 1.29 is 9.15 Å². The van der Waals surface area contributed by atoms with E-state index in [4.69, 9.17) is 9.15 Å². The number of ether oxygens (including phenoxy) is 1. The Labute approximate surface area is 167 Å². The van der Waals surface area contributed by atoms with Gasteiger partial charge < -0.3 is 19.8 Å².